The third kappa shape index (κ3) is 4.90. The summed E-state index contributed by atoms with van der Waals surface area (Å²) in [5.74, 6) is -0.832. The summed E-state index contributed by atoms with van der Waals surface area (Å²) in [5.41, 5.74) is 1.07. The minimum Gasteiger partial charge on any atom is -0.355 e. The van der Waals surface area contributed by atoms with Crippen molar-refractivity contribution in [1.82, 2.24) is 10.6 Å². The second kappa shape index (κ2) is 8.43. The topological polar surface area (TPSA) is 87.3 Å². The van der Waals surface area contributed by atoms with Gasteiger partial charge < -0.3 is 16.0 Å². The lowest BCUT2D eigenvalue weighted by molar-refractivity contribution is -0.118. The molecule has 132 valence electrons. The molecule has 0 saturated heterocycles. The number of anilines is 1. The Bertz CT molecular complexity index is 739. The molecule has 7 heteroatoms. The maximum absolute atomic E-state index is 12.5. The number of rotatable bonds is 6. The highest BCUT2D eigenvalue weighted by Gasteiger charge is 2.25. The van der Waals surface area contributed by atoms with Gasteiger partial charge in [0.05, 0.1) is 4.88 Å². The van der Waals surface area contributed by atoms with Crippen LogP contribution in [0.1, 0.15) is 33.9 Å². The standard InChI is InChI=1S/C18H21N3O3S/c1-11(2)15(21-17(23)14-5-4-10-25-14)18(24)20-13-8-6-12(7-9-13)16(22)19-3/h4-11,15H,1-3H3,(H,19,22)(H,20,24)(H,21,23)/t15-/m0/s1. The summed E-state index contributed by atoms with van der Waals surface area (Å²) < 4.78 is 0. The molecule has 6 nitrogen and oxygen atoms in total. The normalized spacial score (nSPS) is 11.7. The average molecular weight is 359 g/mol. The van der Waals surface area contributed by atoms with Crippen LogP contribution in [0.15, 0.2) is 41.8 Å². The number of carbonyl (C=O) groups is 3. The number of thiophene rings is 1. The molecule has 2 rings (SSSR count). The Kier molecular flexibility index (Phi) is 6.30. The molecule has 3 N–H and O–H groups in total. The average Bonchev–Trinajstić information content (AvgIpc) is 3.13. The molecule has 0 aliphatic rings. The van der Waals surface area contributed by atoms with E-state index in [1.54, 1.807) is 43.4 Å². The van der Waals surface area contributed by atoms with Crippen molar-refractivity contribution in [2.75, 3.05) is 12.4 Å². The van der Waals surface area contributed by atoms with Gasteiger partial charge in [0.15, 0.2) is 0 Å². The van der Waals surface area contributed by atoms with Crippen LogP contribution in [0.25, 0.3) is 0 Å². The van der Waals surface area contributed by atoms with Crippen LogP contribution in [0.5, 0.6) is 0 Å². The maximum atomic E-state index is 12.5. The van der Waals surface area contributed by atoms with Gasteiger partial charge in [0.1, 0.15) is 6.04 Å². The van der Waals surface area contributed by atoms with Crippen LogP contribution in [0, 0.1) is 5.92 Å². The van der Waals surface area contributed by atoms with E-state index in [0.29, 0.717) is 16.1 Å². The van der Waals surface area contributed by atoms with E-state index in [-0.39, 0.29) is 23.6 Å². The van der Waals surface area contributed by atoms with E-state index < -0.39 is 6.04 Å². The van der Waals surface area contributed by atoms with Crippen molar-refractivity contribution in [2.24, 2.45) is 5.92 Å². The lowest BCUT2D eigenvalue weighted by atomic mass is 10.0. The molecular weight excluding hydrogens is 338 g/mol. The molecule has 0 spiro atoms. The van der Waals surface area contributed by atoms with Crippen LogP contribution in [0.2, 0.25) is 0 Å². The van der Waals surface area contributed by atoms with Crippen LogP contribution in [0.3, 0.4) is 0 Å². The largest absolute Gasteiger partial charge is 0.355 e. The zero-order valence-electron chi connectivity index (χ0n) is 14.3. The molecule has 0 aliphatic carbocycles. The first kappa shape index (κ1) is 18.7. The summed E-state index contributed by atoms with van der Waals surface area (Å²) in [6.07, 6.45) is 0. The number of amides is 3. The molecule has 0 aliphatic heterocycles. The van der Waals surface area contributed by atoms with Crippen molar-refractivity contribution in [3.8, 4) is 0 Å². The highest BCUT2D eigenvalue weighted by Crippen LogP contribution is 2.14. The van der Waals surface area contributed by atoms with Gasteiger partial charge in [0, 0.05) is 18.3 Å². The Balaban J connectivity index is 2.05. The number of benzene rings is 1. The first-order valence-electron chi connectivity index (χ1n) is 7.89. The molecule has 3 amide bonds. The molecule has 0 unspecified atom stereocenters. The molecule has 0 saturated carbocycles. The Morgan fingerprint density at radius 1 is 1.00 bits per heavy atom. The zero-order valence-corrected chi connectivity index (χ0v) is 15.1. The third-order valence-corrected chi connectivity index (χ3v) is 4.49. The van der Waals surface area contributed by atoms with Crippen molar-refractivity contribution >= 4 is 34.7 Å². The molecule has 25 heavy (non-hydrogen) atoms. The van der Waals surface area contributed by atoms with E-state index in [1.165, 1.54) is 11.3 Å². The monoisotopic (exact) mass is 359 g/mol. The second-order valence-corrected chi connectivity index (χ2v) is 6.77. The van der Waals surface area contributed by atoms with Crippen LogP contribution in [-0.4, -0.2) is 30.8 Å². The van der Waals surface area contributed by atoms with Gasteiger partial charge in [0.2, 0.25) is 5.91 Å². The zero-order chi connectivity index (χ0) is 18.4. The lowest BCUT2D eigenvalue weighted by Crippen LogP contribution is -2.46. The van der Waals surface area contributed by atoms with Gasteiger partial charge in [-0.25, -0.2) is 0 Å². The van der Waals surface area contributed by atoms with Crippen LogP contribution in [-0.2, 0) is 4.79 Å². The van der Waals surface area contributed by atoms with Crippen molar-refractivity contribution in [1.29, 1.82) is 0 Å². The van der Waals surface area contributed by atoms with E-state index in [2.05, 4.69) is 16.0 Å². The maximum Gasteiger partial charge on any atom is 0.262 e. The van der Waals surface area contributed by atoms with Crippen molar-refractivity contribution in [3.63, 3.8) is 0 Å². The highest BCUT2D eigenvalue weighted by molar-refractivity contribution is 7.12. The summed E-state index contributed by atoms with van der Waals surface area (Å²) in [5, 5.41) is 9.90. The molecule has 1 aromatic heterocycles. The molecule has 2 aromatic rings. The first-order chi connectivity index (χ1) is 11.9. The Morgan fingerprint density at radius 2 is 1.68 bits per heavy atom. The summed E-state index contributed by atoms with van der Waals surface area (Å²) in [6.45, 7) is 3.74. The van der Waals surface area contributed by atoms with Crippen molar-refractivity contribution in [2.45, 2.75) is 19.9 Å². The molecule has 0 radical (unpaired) electrons. The first-order valence-corrected chi connectivity index (χ1v) is 8.77. The molecule has 1 heterocycles. The number of hydrogen-bond acceptors (Lipinski definition) is 4. The second-order valence-electron chi connectivity index (χ2n) is 5.82. The third-order valence-electron chi connectivity index (χ3n) is 3.62. The van der Waals surface area contributed by atoms with E-state index in [4.69, 9.17) is 0 Å². The van der Waals surface area contributed by atoms with Gasteiger partial charge in [-0.1, -0.05) is 19.9 Å². The predicted octanol–water partition coefficient (Wildman–Crippen LogP) is 2.50. The quantitative estimate of drug-likeness (QED) is 0.740. The molecule has 1 atom stereocenters. The SMILES string of the molecule is CNC(=O)c1ccc(NC(=O)[C@@H](NC(=O)c2cccs2)C(C)C)cc1. The summed E-state index contributed by atoms with van der Waals surface area (Å²) >= 11 is 1.33. The fourth-order valence-electron chi connectivity index (χ4n) is 2.22. The van der Waals surface area contributed by atoms with Gasteiger partial charge in [-0.15, -0.1) is 11.3 Å². The molecular formula is C18H21N3O3S. The Morgan fingerprint density at radius 3 is 2.20 bits per heavy atom. The van der Waals surface area contributed by atoms with E-state index in [0.717, 1.165) is 0 Å². The van der Waals surface area contributed by atoms with Crippen LogP contribution in [0.4, 0.5) is 5.69 Å². The fourth-order valence-corrected chi connectivity index (χ4v) is 2.85. The molecule has 0 bridgehead atoms. The molecule has 1 aromatic carbocycles. The smallest absolute Gasteiger partial charge is 0.262 e. The number of nitrogens with one attached hydrogen (secondary N) is 3. The highest BCUT2D eigenvalue weighted by atomic mass is 32.1. The van der Waals surface area contributed by atoms with Gasteiger partial charge >= 0.3 is 0 Å². The molecule has 0 fully saturated rings. The fraction of sp³-hybridized carbons (Fsp3) is 0.278. The van der Waals surface area contributed by atoms with E-state index in [1.807, 2.05) is 19.2 Å². The summed E-state index contributed by atoms with van der Waals surface area (Å²) in [4.78, 5) is 36.8. The van der Waals surface area contributed by atoms with Crippen molar-refractivity contribution in [3.05, 3.63) is 52.2 Å². The van der Waals surface area contributed by atoms with Crippen LogP contribution >= 0.6 is 11.3 Å². The van der Waals surface area contributed by atoms with Gasteiger partial charge in [-0.3, -0.25) is 14.4 Å². The van der Waals surface area contributed by atoms with Crippen LogP contribution < -0.4 is 16.0 Å². The van der Waals surface area contributed by atoms with Gasteiger partial charge in [0.25, 0.3) is 11.8 Å². The van der Waals surface area contributed by atoms with Gasteiger partial charge in [-0.05, 0) is 41.6 Å². The Labute approximate surface area is 150 Å². The van der Waals surface area contributed by atoms with E-state index >= 15 is 0 Å². The predicted molar refractivity (Wildman–Crippen MR) is 98.9 cm³/mol. The minimum atomic E-state index is -0.659. The Hall–Kier alpha value is -2.67. The van der Waals surface area contributed by atoms with Crippen molar-refractivity contribution < 1.29 is 14.4 Å². The lowest BCUT2D eigenvalue weighted by Gasteiger charge is -2.21. The van der Waals surface area contributed by atoms with Gasteiger partial charge in [-0.2, -0.15) is 0 Å². The number of carbonyl (C=O) groups excluding carboxylic acids is 3. The minimum absolute atomic E-state index is 0.0749. The van der Waals surface area contributed by atoms with E-state index in [9.17, 15) is 14.4 Å². The number of hydrogen-bond donors (Lipinski definition) is 3. The summed E-state index contributed by atoms with van der Waals surface area (Å²) in [6, 6.07) is 9.41. The summed E-state index contributed by atoms with van der Waals surface area (Å²) in [7, 11) is 1.56.